The zero-order chi connectivity index (χ0) is 26.7. The summed E-state index contributed by atoms with van der Waals surface area (Å²) in [5.74, 6) is -5.67. The highest BCUT2D eigenvalue weighted by atomic mass is 16.4. The lowest BCUT2D eigenvalue weighted by atomic mass is 10.0. The molecule has 0 spiro atoms. The van der Waals surface area contributed by atoms with E-state index in [0.717, 1.165) is 0 Å². The largest absolute Gasteiger partial charge is 0.508 e. The van der Waals surface area contributed by atoms with Crippen molar-refractivity contribution in [3.05, 3.63) is 29.8 Å². The lowest BCUT2D eigenvalue weighted by Gasteiger charge is -2.25. The van der Waals surface area contributed by atoms with Gasteiger partial charge in [0, 0.05) is 0 Å². The van der Waals surface area contributed by atoms with Crippen molar-refractivity contribution >= 4 is 29.7 Å². The minimum absolute atomic E-state index is 0.0501. The molecule has 0 saturated carbocycles. The van der Waals surface area contributed by atoms with Gasteiger partial charge in [-0.15, -0.1) is 0 Å². The molecule has 1 aromatic carbocycles. The van der Waals surface area contributed by atoms with Crippen molar-refractivity contribution < 1.29 is 44.4 Å². The number of aromatic hydroxyl groups is 1. The molecule has 3 amide bonds. The third-order valence-electron chi connectivity index (χ3n) is 4.88. The number of hydrogen-bond donors (Lipinski definition) is 8. The predicted octanol–water partition coefficient (Wildman–Crippen LogP) is -1.69. The summed E-state index contributed by atoms with van der Waals surface area (Å²) >= 11 is 0. The van der Waals surface area contributed by atoms with Crippen molar-refractivity contribution in [3.63, 3.8) is 0 Å². The van der Waals surface area contributed by atoms with Crippen LogP contribution in [-0.2, 0) is 30.4 Å². The van der Waals surface area contributed by atoms with Crippen LogP contribution in [0.2, 0.25) is 0 Å². The summed E-state index contributed by atoms with van der Waals surface area (Å²) in [7, 11) is 0. The molecule has 0 saturated heterocycles. The van der Waals surface area contributed by atoms with Crippen LogP contribution in [0.15, 0.2) is 24.3 Å². The highest BCUT2D eigenvalue weighted by Gasteiger charge is 2.31. The summed E-state index contributed by atoms with van der Waals surface area (Å²) < 4.78 is 0. The SMILES string of the molecule is CC(C)CC(NC(=O)C(N)Cc1ccc(O)cc1)C(=O)NC(CC(=O)O)C(=O)NC(CO)C(=O)O. The van der Waals surface area contributed by atoms with Gasteiger partial charge >= 0.3 is 11.9 Å². The average Bonchev–Trinajstić information content (AvgIpc) is 2.76. The maximum Gasteiger partial charge on any atom is 0.328 e. The number of phenols is 1. The number of aliphatic hydroxyl groups excluding tert-OH is 1. The molecule has 13 nitrogen and oxygen atoms in total. The number of carbonyl (C=O) groups is 5. The zero-order valence-electron chi connectivity index (χ0n) is 19.4. The number of aliphatic hydroxyl groups is 1. The number of phenolic OH excluding ortho intramolecular Hbond substituents is 1. The van der Waals surface area contributed by atoms with Crippen LogP contribution in [0.4, 0.5) is 0 Å². The monoisotopic (exact) mass is 496 g/mol. The first-order valence-corrected chi connectivity index (χ1v) is 10.8. The Morgan fingerprint density at radius 1 is 0.857 bits per heavy atom. The molecule has 9 N–H and O–H groups in total. The molecular weight excluding hydrogens is 464 g/mol. The van der Waals surface area contributed by atoms with E-state index in [2.05, 4.69) is 10.6 Å². The van der Waals surface area contributed by atoms with E-state index in [1.165, 1.54) is 12.1 Å². The maximum atomic E-state index is 12.9. The molecule has 4 unspecified atom stereocenters. The van der Waals surface area contributed by atoms with E-state index in [4.69, 9.17) is 21.1 Å². The number of benzene rings is 1. The zero-order valence-corrected chi connectivity index (χ0v) is 19.4. The fraction of sp³-hybridized carbons (Fsp3) is 0.500. The number of nitrogens with one attached hydrogen (secondary N) is 3. The third kappa shape index (κ3) is 10.4. The van der Waals surface area contributed by atoms with Gasteiger partial charge in [0.05, 0.1) is 19.1 Å². The Kier molecular flexibility index (Phi) is 11.6. The van der Waals surface area contributed by atoms with E-state index in [9.17, 15) is 29.1 Å². The number of rotatable bonds is 14. The first-order valence-electron chi connectivity index (χ1n) is 10.8. The summed E-state index contributed by atoms with van der Waals surface area (Å²) in [6, 6.07) is 0.499. The molecule has 0 aromatic heterocycles. The predicted molar refractivity (Wildman–Crippen MR) is 122 cm³/mol. The highest BCUT2D eigenvalue weighted by molar-refractivity contribution is 5.95. The second kappa shape index (κ2) is 13.9. The quantitative estimate of drug-likeness (QED) is 0.146. The molecule has 0 radical (unpaired) electrons. The van der Waals surface area contributed by atoms with Crippen LogP contribution in [0.1, 0.15) is 32.3 Å². The van der Waals surface area contributed by atoms with Gasteiger partial charge in [-0.2, -0.15) is 0 Å². The van der Waals surface area contributed by atoms with Gasteiger partial charge in [0.15, 0.2) is 0 Å². The Labute approximate surface area is 201 Å². The van der Waals surface area contributed by atoms with Crippen LogP contribution in [0, 0.1) is 5.92 Å². The summed E-state index contributed by atoms with van der Waals surface area (Å²) in [6.45, 7) is 2.62. The van der Waals surface area contributed by atoms with E-state index in [1.54, 1.807) is 26.0 Å². The fourth-order valence-corrected chi connectivity index (χ4v) is 3.07. The minimum atomic E-state index is -1.69. The minimum Gasteiger partial charge on any atom is -0.508 e. The van der Waals surface area contributed by atoms with Crippen LogP contribution in [0.3, 0.4) is 0 Å². The fourth-order valence-electron chi connectivity index (χ4n) is 3.07. The van der Waals surface area contributed by atoms with Crippen molar-refractivity contribution in [2.24, 2.45) is 11.7 Å². The standard InChI is InChI=1S/C22H32N4O9/c1-11(2)7-15(24-19(31)14(23)8-12-3-5-13(28)6-4-12)20(32)25-16(9-18(29)30)21(33)26-17(10-27)22(34)35/h3-6,11,14-17,27-28H,7-10,23H2,1-2H3,(H,24,31)(H,25,32)(H,26,33)(H,29,30)(H,34,35). The van der Waals surface area contributed by atoms with E-state index >= 15 is 0 Å². The molecule has 0 aliphatic carbocycles. The van der Waals surface area contributed by atoms with Crippen molar-refractivity contribution in [3.8, 4) is 5.75 Å². The van der Waals surface area contributed by atoms with Gasteiger partial charge < -0.3 is 42.1 Å². The molecule has 0 aliphatic rings. The number of nitrogens with two attached hydrogens (primary N) is 1. The van der Waals surface area contributed by atoms with E-state index in [1.807, 2.05) is 5.32 Å². The van der Waals surface area contributed by atoms with E-state index in [0.29, 0.717) is 5.56 Å². The summed E-state index contributed by atoms with van der Waals surface area (Å²) in [5.41, 5.74) is 6.62. The number of amides is 3. The second-order valence-corrected chi connectivity index (χ2v) is 8.41. The Balaban J connectivity index is 2.94. The summed E-state index contributed by atoms with van der Waals surface area (Å²) in [5, 5.41) is 43.2. The molecule has 13 heteroatoms. The normalized spacial score (nSPS) is 14.3. The van der Waals surface area contributed by atoms with Crippen molar-refractivity contribution in [2.75, 3.05) is 6.61 Å². The van der Waals surface area contributed by atoms with Crippen LogP contribution in [0.25, 0.3) is 0 Å². The Hall–Kier alpha value is -3.71. The molecule has 0 aliphatic heterocycles. The first kappa shape index (κ1) is 29.3. The second-order valence-electron chi connectivity index (χ2n) is 8.41. The van der Waals surface area contributed by atoms with Crippen LogP contribution in [-0.4, -0.2) is 80.9 Å². The molecule has 0 fully saturated rings. The van der Waals surface area contributed by atoms with Gasteiger partial charge in [0.1, 0.15) is 23.9 Å². The Bertz CT molecular complexity index is 905. The van der Waals surface area contributed by atoms with E-state index in [-0.39, 0.29) is 24.5 Å². The molecular formula is C22H32N4O9. The summed E-state index contributed by atoms with van der Waals surface area (Å²) in [6.07, 6.45) is -0.610. The Morgan fingerprint density at radius 2 is 1.37 bits per heavy atom. The van der Waals surface area contributed by atoms with Gasteiger partial charge in [-0.25, -0.2) is 4.79 Å². The number of carbonyl (C=O) groups excluding carboxylic acids is 3. The van der Waals surface area contributed by atoms with Gasteiger partial charge in [0.2, 0.25) is 17.7 Å². The number of carboxylic acids is 2. The maximum absolute atomic E-state index is 12.9. The number of aliphatic carboxylic acids is 2. The van der Waals surface area contributed by atoms with Crippen LogP contribution < -0.4 is 21.7 Å². The van der Waals surface area contributed by atoms with Gasteiger partial charge in [-0.1, -0.05) is 26.0 Å². The van der Waals surface area contributed by atoms with Crippen molar-refractivity contribution in [1.29, 1.82) is 0 Å². The molecule has 1 aromatic rings. The lowest BCUT2D eigenvalue weighted by Crippen LogP contribution is -2.58. The summed E-state index contributed by atoms with van der Waals surface area (Å²) in [4.78, 5) is 60.2. The van der Waals surface area contributed by atoms with Crippen LogP contribution in [0.5, 0.6) is 5.75 Å². The van der Waals surface area contributed by atoms with Gasteiger partial charge in [-0.3, -0.25) is 19.2 Å². The molecule has 1 rings (SSSR count). The molecule has 0 bridgehead atoms. The first-order chi connectivity index (χ1) is 16.3. The average molecular weight is 497 g/mol. The smallest absolute Gasteiger partial charge is 0.328 e. The van der Waals surface area contributed by atoms with E-state index < -0.39 is 66.9 Å². The lowest BCUT2D eigenvalue weighted by molar-refractivity contribution is -0.144. The van der Waals surface area contributed by atoms with Crippen LogP contribution >= 0.6 is 0 Å². The molecule has 35 heavy (non-hydrogen) atoms. The van der Waals surface area contributed by atoms with Crippen molar-refractivity contribution in [2.45, 2.75) is 57.3 Å². The number of hydrogen-bond acceptors (Lipinski definition) is 8. The molecule has 194 valence electrons. The van der Waals surface area contributed by atoms with Gasteiger partial charge in [0.25, 0.3) is 0 Å². The Morgan fingerprint density at radius 3 is 1.86 bits per heavy atom. The van der Waals surface area contributed by atoms with Crippen molar-refractivity contribution in [1.82, 2.24) is 16.0 Å². The molecule has 4 atom stereocenters. The number of carboxylic acid groups (broad SMARTS) is 2. The third-order valence-corrected chi connectivity index (χ3v) is 4.88. The molecule has 0 heterocycles. The topological polar surface area (TPSA) is 228 Å². The highest BCUT2D eigenvalue weighted by Crippen LogP contribution is 2.12. The van der Waals surface area contributed by atoms with Gasteiger partial charge in [-0.05, 0) is 36.5 Å².